The van der Waals surface area contributed by atoms with Gasteiger partial charge in [-0.3, -0.25) is 9.59 Å². The van der Waals surface area contributed by atoms with Crippen LogP contribution in [0.25, 0.3) is 0 Å². The van der Waals surface area contributed by atoms with Crippen LogP contribution in [0.5, 0.6) is 0 Å². The van der Waals surface area contributed by atoms with Gasteiger partial charge in [0, 0.05) is 42.5 Å². The highest BCUT2D eigenvalue weighted by atomic mass is 35.5. The molecule has 0 spiro atoms. The van der Waals surface area contributed by atoms with Gasteiger partial charge in [-0.15, -0.1) is 0 Å². The van der Waals surface area contributed by atoms with Gasteiger partial charge in [-0.1, -0.05) is 76.3 Å². The number of benzene rings is 1. The Bertz CT molecular complexity index is 965. The zero-order valence-corrected chi connectivity index (χ0v) is 23.2. The Morgan fingerprint density at radius 2 is 1.81 bits per heavy atom. The number of nitrogens with zero attached hydrogens (tertiary/aromatic N) is 3. The Morgan fingerprint density at radius 3 is 2.50 bits per heavy atom. The fourth-order valence-corrected chi connectivity index (χ4v) is 5.19. The molecule has 6 heteroatoms. The quantitative estimate of drug-likeness (QED) is 0.292. The second kappa shape index (κ2) is 14.5. The van der Waals surface area contributed by atoms with E-state index >= 15 is 0 Å². The molecule has 36 heavy (non-hydrogen) atoms. The van der Waals surface area contributed by atoms with Crippen molar-refractivity contribution in [2.24, 2.45) is 5.92 Å². The molecule has 0 saturated heterocycles. The predicted octanol–water partition coefficient (Wildman–Crippen LogP) is 6.92. The molecule has 5 nitrogen and oxygen atoms in total. The summed E-state index contributed by atoms with van der Waals surface area (Å²) in [5, 5.41) is 0.753. The summed E-state index contributed by atoms with van der Waals surface area (Å²) in [5.74, 6) is 0.668. The number of halogens is 1. The van der Waals surface area contributed by atoms with Crippen LogP contribution in [-0.2, 0) is 22.7 Å². The molecule has 0 N–H and O–H groups in total. The zero-order valence-electron chi connectivity index (χ0n) is 22.4. The van der Waals surface area contributed by atoms with Crippen molar-refractivity contribution in [1.29, 1.82) is 0 Å². The van der Waals surface area contributed by atoms with Crippen molar-refractivity contribution in [2.45, 2.75) is 97.7 Å². The molecule has 0 atom stereocenters. The lowest BCUT2D eigenvalue weighted by Crippen LogP contribution is -2.48. The molecule has 1 aliphatic carbocycles. The van der Waals surface area contributed by atoms with Crippen molar-refractivity contribution in [3.8, 4) is 0 Å². The van der Waals surface area contributed by atoms with Gasteiger partial charge >= 0.3 is 0 Å². The molecule has 1 heterocycles. The van der Waals surface area contributed by atoms with E-state index in [9.17, 15) is 9.59 Å². The van der Waals surface area contributed by atoms with Gasteiger partial charge in [-0.05, 0) is 55.4 Å². The fourth-order valence-electron chi connectivity index (χ4n) is 4.99. The van der Waals surface area contributed by atoms with Crippen LogP contribution in [0.4, 0.5) is 0 Å². The maximum atomic E-state index is 13.8. The second-order valence-electron chi connectivity index (χ2n) is 10.6. The Hall–Kier alpha value is -2.27. The third-order valence-corrected chi connectivity index (χ3v) is 7.66. The largest absolute Gasteiger partial charge is 0.345 e. The Labute approximate surface area is 222 Å². The molecule has 3 rings (SSSR count). The molecule has 1 aliphatic rings. The second-order valence-corrected chi connectivity index (χ2v) is 11.0. The van der Waals surface area contributed by atoms with Crippen molar-refractivity contribution < 1.29 is 9.59 Å². The first-order chi connectivity index (χ1) is 17.4. The Morgan fingerprint density at radius 1 is 1.06 bits per heavy atom. The Kier molecular flexibility index (Phi) is 11.4. The van der Waals surface area contributed by atoms with E-state index in [0.29, 0.717) is 32.0 Å². The van der Waals surface area contributed by atoms with Crippen LogP contribution in [0.2, 0.25) is 5.02 Å². The Balaban J connectivity index is 1.78. The van der Waals surface area contributed by atoms with Crippen molar-refractivity contribution in [3.05, 3.63) is 58.9 Å². The summed E-state index contributed by atoms with van der Waals surface area (Å²) in [4.78, 5) is 30.7. The average Bonchev–Trinajstić information content (AvgIpc) is 3.31. The van der Waals surface area contributed by atoms with Crippen molar-refractivity contribution in [2.75, 3.05) is 13.1 Å². The molecule has 2 aromatic rings. The summed E-state index contributed by atoms with van der Waals surface area (Å²) in [6.07, 6.45) is 11.0. The molecule has 1 saturated carbocycles. The monoisotopic (exact) mass is 513 g/mol. The molecule has 2 amide bonds. The highest BCUT2D eigenvalue weighted by Crippen LogP contribution is 2.26. The van der Waals surface area contributed by atoms with Gasteiger partial charge < -0.3 is 14.4 Å². The first kappa shape index (κ1) is 28.3. The van der Waals surface area contributed by atoms with E-state index in [2.05, 4.69) is 42.5 Å². The highest BCUT2D eigenvalue weighted by Gasteiger charge is 2.28. The average molecular weight is 514 g/mol. The van der Waals surface area contributed by atoms with Crippen LogP contribution in [0, 0.1) is 5.92 Å². The number of hydrogen-bond donors (Lipinski definition) is 0. The van der Waals surface area contributed by atoms with E-state index in [-0.39, 0.29) is 24.4 Å². The van der Waals surface area contributed by atoms with E-state index in [1.54, 1.807) is 0 Å². The lowest BCUT2D eigenvalue weighted by Gasteiger charge is -2.36. The van der Waals surface area contributed by atoms with Gasteiger partial charge in [0.25, 0.3) is 0 Å². The molecule has 1 fully saturated rings. The van der Waals surface area contributed by atoms with Crippen LogP contribution in [-0.4, -0.2) is 45.3 Å². The lowest BCUT2D eigenvalue weighted by atomic mass is 9.94. The van der Waals surface area contributed by atoms with Crippen LogP contribution in [0.15, 0.2) is 42.6 Å². The van der Waals surface area contributed by atoms with Gasteiger partial charge in [-0.2, -0.15) is 0 Å². The van der Waals surface area contributed by atoms with E-state index in [1.165, 1.54) is 6.42 Å². The molecule has 1 aromatic heterocycles. The van der Waals surface area contributed by atoms with Crippen LogP contribution >= 0.6 is 11.6 Å². The minimum absolute atomic E-state index is 0.0704. The molecule has 0 aliphatic heterocycles. The molecule has 0 radical (unpaired) electrons. The maximum Gasteiger partial charge on any atom is 0.242 e. The summed E-state index contributed by atoms with van der Waals surface area (Å²) in [5.41, 5.74) is 2.16. The number of carbonyl (C=O) groups is 2. The first-order valence-corrected chi connectivity index (χ1v) is 14.2. The van der Waals surface area contributed by atoms with E-state index in [4.69, 9.17) is 11.6 Å². The van der Waals surface area contributed by atoms with Crippen LogP contribution in [0.3, 0.4) is 0 Å². The normalized spacial score (nSPS) is 14.2. The third-order valence-electron chi connectivity index (χ3n) is 7.29. The summed E-state index contributed by atoms with van der Waals surface area (Å²) in [7, 11) is 0. The van der Waals surface area contributed by atoms with E-state index in [1.807, 2.05) is 35.2 Å². The SMILES string of the molecule is CCCCC(=O)N(CCC(C)C)CC(=O)N(Cc1cccn1Cc1ccccc1Cl)C1CCCCC1. The highest BCUT2D eigenvalue weighted by molar-refractivity contribution is 6.31. The summed E-state index contributed by atoms with van der Waals surface area (Å²) in [6.45, 7) is 8.48. The first-order valence-electron chi connectivity index (χ1n) is 13.8. The minimum atomic E-state index is 0.0704. The number of amides is 2. The van der Waals surface area contributed by atoms with Crippen molar-refractivity contribution >= 4 is 23.4 Å². The standard InChI is InChI=1S/C30H44ClN3O2/c1-4-5-17-29(35)33(20-18-24(2)3)23-30(36)34(26-13-7-6-8-14-26)22-27-15-11-19-32(27)21-25-12-9-10-16-28(25)31/h9-12,15-16,19,24,26H,4-8,13-14,17-18,20-23H2,1-3H3. The maximum absolute atomic E-state index is 13.8. The van der Waals surface area contributed by atoms with Crippen molar-refractivity contribution in [1.82, 2.24) is 14.4 Å². The van der Waals surface area contributed by atoms with Gasteiger partial charge in [0.1, 0.15) is 0 Å². The van der Waals surface area contributed by atoms with Crippen LogP contribution < -0.4 is 0 Å². The number of rotatable bonds is 13. The summed E-state index contributed by atoms with van der Waals surface area (Å²) < 4.78 is 2.19. The zero-order chi connectivity index (χ0) is 25.9. The molecule has 0 bridgehead atoms. The molecule has 0 unspecified atom stereocenters. The fraction of sp³-hybridized carbons (Fsp3) is 0.600. The number of carbonyl (C=O) groups excluding carboxylic acids is 2. The topological polar surface area (TPSA) is 45.6 Å². The van der Waals surface area contributed by atoms with E-state index < -0.39 is 0 Å². The predicted molar refractivity (Wildman–Crippen MR) is 148 cm³/mol. The molecular formula is C30H44ClN3O2. The van der Waals surface area contributed by atoms with Gasteiger partial charge in [0.05, 0.1) is 13.1 Å². The third kappa shape index (κ3) is 8.40. The summed E-state index contributed by atoms with van der Waals surface area (Å²) in [6, 6.07) is 12.3. The van der Waals surface area contributed by atoms with Crippen molar-refractivity contribution in [3.63, 3.8) is 0 Å². The van der Waals surface area contributed by atoms with E-state index in [0.717, 1.165) is 61.2 Å². The smallest absolute Gasteiger partial charge is 0.242 e. The molecular weight excluding hydrogens is 470 g/mol. The van der Waals surface area contributed by atoms with Gasteiger partial charge in [0.2, 0.25) is 11.8 Å². The minimum Gasteiger partial charge on any atom is -0.345 e. The number of hydrogen-bond acceptors (Lipinski definition) is 2. The number of unbranched alkanes of at least 4 members (excludes halogenated alkanes) is 1. The van der Waals surface area contributed by atoms with Crippen LogP contribution in [0.1, 0.15) is 89.8 Å². The lowest BCUT2D eigenvalue weighted by molar-refractivity contribution is -0.143. The van der Waals surface area contributed by atoms with Gasteiger partial charge in [0.15, 0.2) is 0 Å². The molecule has 198 valence electrons. The summed E-state index contributed by atoms with van der Waals surface area (Å²) >= 11 is 6.43. The van der Waals surface area contributed by atoms with Gasteiger partial charge in [-0.25, -0.2) is 0 Å². The number of aromatic nitrogens is 1. The molecule has 1 aromatic carbocycles.